The Balaban J connectivity index is 1.43. The van der Waals surface area contributed by atoms with E-state index in [1.165, 1.54) is 41.9 Å². The highest BCUT2D eigenvalue weighted by Crippen LogP contribution is 2.42. The summed E-state index contributed by atoms with van der Waals surface area (Å²) >= 11 is 0. The van der Waals surface area contributed by atoms with Gasteiger partial charge in [0.15, 0.2) is 0 Å². The van der Waals surface area contributed by atoms with E-state index in [0.717, 1.165) is 48.6 Å². The van der Waals surface area contributed by atoms with Gasteiger partial charge in [0.1, 0.15) is 11.5 Å². The number of aromatic nitrogens is 3. The molecule has 2 aromatic carbocycles. The number of fused-ring (bicyclic) bond motifs is 1. The largest absolute Gasteiger partial charge is 0.291 e. The van der Waals surface area contributed by atoms with E-state index in [0.29, 0.717) is 5.92 Å². The molecule has 1 aliphatic carbocycles. The van der Waals surface area contributed by atoms with Gasteiger partial charge in [-0.25, -0.2) is 4.39 Å². The molecule has 0 unspecified atom stereocenters. The average Bonchev–Trinajstić information content (AvgIpc) is 3.61. The molecule has 0 spiro atoms. The highest BCUT2D eigenvalue weighted by Gasteiger charge is 2.28. The van der Waals surface area contributed by atoms with Gasteiger partial charge >= 0.3 is 0 Å². The summed E-state index contributed by atoms with van der Waals surface area (Å²) < 4.78 is 15.8. The van der Waals surface area contributed by atoms with Gasteiger partial charge in [-0.3, -0.25) is 14.6 Å². The van der Waals surface area contributed by atoms with Gasteiger partial charge < -0.3 is 0 Å². The number of benzene rings is 2. The molecule has 1 saturated carbocycles. The lowest BCUT2D eigenvalue weighted by Gasteiger charge is -2.28. The number of halogens is 1. The third kappa shape index (κ3) is 3.73. The lowest BCUT2D eigenvalue weighted by molar-refractivity contribution is 0.206. The van der Waals surface area contributed by atoms with Gasteiger partial charge in [-0.1, -0.05) is 30.3 Å². The van der Waals surface area contributed by atoms with Crippen LogP contribution in [0, 0.1) is 5.82 Å². The van der Waals surface area contributed by atoms with E-state index in [1.807, 2.05) is 18.3 Å². The maximum absolute atomic E-state index is 13.6. The molecule has 1 aliphatic heterocycles. The fourth-order valence-corrected chi connectivity index (χ4v) is 4.67. The zero-order valence-electron chi connectivity index (χ0n) is 17.9. The molecule has 160 valence electrons. The van der Waals surface area contributed by atoms with Gasteiger partial charge in [-0.15, -0.1) is 0 Å². The van der Waals surface area contributed by atoms with E-state index in [2.05, 4.69) is 57.0 Å². The van der Waals surface area contributed by atoms with Crippen LogP contribution in [0.3, 0.4) is 0 Å². The molecular formula is C27H25FN4. The molecule has 5 heteroatoms. The van der Waals surface area contributed by atoms with Crippen molar-refractivity contribution in [3.8, 4) is 22.4 Å². The molecule has 1 fully saturated rings. The van der Waals surface area contributed by atoms with Crippen LogP contribution in [0.4, 0.5) is 4.39 Å². The summed E-state index contributed by atoms with van der Waals surface area (Å²) in [7, 11) is 0. The minimum atomic E-state index is -0.228. The van der Waals surface area contributed by atoms with Gasteiger partial charge in [0.25, 0.3) is 0 Å². The predicted molar refractivity (Wildman–Crippen MR) is 123 cm³/mol. The predicted octanol–water partition coefficient (Wildman–Crippen LogP) is 5.64. The van der Waals surface area contributed by atoms with E-state index in [-0.39, 0.29) is 5.82 Å². The van der Waals surface area contributed by atoms with Gasteiger partial charge in [-0.05, 0) is 60.4 Å². The van der Waals surface area contributed by atoms with Crippen LogP contribution in [-0.4, -0.2) is 26.2 Å². The summed E-state index contributed by atoms with van der Waals surface area (Å²) in [6.45, 7) is 3.55. The summed E-state index contributed by atoms with van der Waals surface area (Å²) in [6.07, 6.45) is 4.36. The normalized spacial score (nSPS) is 16.2. The second kappa shape index (κ2) is 7.99. The van der Waals surface area contributed by atoms with Crippen LogP contribution >= 0.6 is 0 Å². The van der Waals surface area contributed by atoms with Crippen molar-refractivity contribution in [1.82, 2.24) is 19.7 Å². The first-order valence-corrected chi connectivity index (χ1v) is 11.3. The maximum atomic E-state index is 13.6. The number of hydrogen-bond acceptors (Lipinski definition) is 3. The zero-order valence-corrected chi connectivity index (χ0v) is 17.9. The van der Waals surface area contributed by atoms with E-state index in [9.17, 15) is 4.39 Å². The fraction of sp³-hybridized carbons (Fsp3) is 0.259. The topological polar surface area (TPSA) is 34.0 Å². The molecule has 2 aliphatic rings. The SMILES string of the molecule is Fc1ccc(-c2nn3c(c2-c2ccnc(C4CC4)c2)CN(Cc2ccccc2)CC3)cc1. The first-order valence-electron chi connectivity index (χ1n) is 11.3. The van der Waals surface area contributed by atoms with E-state index < -0.39 is 0 Å². The second-order valence-corrected chi connectivity index (χ2v) is 8.84. The minimum absolute atomic E-state index is 0.228. The Morgan fingerprint density at radius 1 is 0.906 bits per heavy atom. The van der Waals surface area contributed by atoms with Crippen molar-refractivity contribution in [2.75, 3.05) is 6.54 Å². The quantitative estimate of drug-likeness (QED) is 0.415. The van der Waals surface area contributed by atoms with Crippen LogP contribution in [0.15, 0.2) is 72.9 Å². The van der Waals surface area contributed by atoms with Crippen molar-refractivity contribution in [2.45, 2.75) is 38.4 Å². The number of hydrogen-bond donors (Lipinski definition) is 0. The van der Waals surface area contributed by atoms with Crippen molar-refractivity contribution in [2.24, 2.45) is 0 Å². The molecule has 0 N–H and O–H groups in total. The molecule has 32 heavy (non-hydrogen) atoms. The Labute approximate surface area is 187 Å². The van der Waals surface area contributed by atoms with Crippen LogP contribution in [0.2, 0.25) is 0 Å². The molecule has 6 rings (SSSR count). The summed E-state index contributed by atoms with van der Waals surface area (Å²) in [5, 5.41) is 5.01. The van der Waals surface area contributed by atoms with Crippen LogP contribution in [0.5, 0.6) is 0 Å². The third-order valence-electron chi connectivity index (χ3n) is 6.49. The van der Waals surface area contributed by atoms with Gasteiger partial charge in [-0.2, -0.15) is 5.10 Å². The van der Waals surface area contributed by atoms with Crippen LogP contribution in [-0.2, 0) is 19.6 Å². The maximum Gasteiger partial charge on any atom is 0.123 e. The van der Waals surface area contributed by atoms with Gasteiger partial charge in [0, 0.05) is 48.6 Å². The molecule has 4 nitrogen and oxygen atoms in total. The lowest BCUT2D eigenvalue weighted by Crippen LogP contribution is -2.33. The molecule has 3 heterocycles. The lowest BCUT2D eigenvalue weighted by atomic mass is 9.97. The number of pyridine rings is 1. The van der Waals surface area contributed by atoms with Crippen LogP contribution < -0.4 is 0 Å². The molecule has 0 atom stereocenters. The minimum Gasteiger partial charge on any atom is -0.291 e. The van der Waals surface area contributed by atoms with E-state index in [4.69, 9.17) is 5.10 Å². The van der Waals surface area contributed by atoms with Crippen molar-refractivity contribution < 1.29 is 4.39 Å². The molecule has 4 aromatic rings. The van der Waals surface area contributed by atoms with Gasteiger partial charge in [0.05, 0.1) is 12.2 Å². The molecular weight excluding hydrogens is 399 g/mol. The monoisotopic (exact) mass is 424 g/mol. The highest BCUT2D eigenvalue weighted by atomic mass is 19.1. The molecule has 0 radical (unpaired) electrons. The Kier molecular flexibility index (Phi) is 4.84. The Bertz CT molecular complexity index is 1240. The summed E-state index contributed by atoms with van der Waals surface area (Å²) in [5.41, 5.74) is 7.89. The fourth-order valence-electron chi connectivity index (χ4n) is 4.67. The first-order chi connectivity index (χ1) is 15.7. The molecule has 0 bridgehead atoms. The van der Waals surface area contributed by atoms with Crippen molar-refractivity contribution in [3.05, 3.63) is 95.7 Å². The molecule has 2 aromatic heterocycles. The van der Waals surface area contributed by atoms with Crippen LogP contribution in [0.25, 0.3) is 22.4 Å². The Morgan fingerprint density at radius 2 is 1.72 bits per heavy atom. The Hall–Kier alpha value is -3.31. The highest BCUT2D eigenvalue weighted by molar-refractivity contribution is 5.83. The Morgan fingerprint density at radius 3 is 2.50 bits per heavy atom. The smallest absolute Gasteiger partial charge is 0.123 e. The van der Waals surface area contributed by atoms with E-state index >= 15 is 0 Å². The van der Waals surface area contributed by atoms with Crippen molar-refractivity contribution in [1.29, 1.82) is 0 Å². The van der Waals surface area contributed by atoms with Gasteiger partial charge in [0.2, 0.25) is 0 Å². The number of rotatable bonds is 5. The standard InChI is InChI=1S/C27H25FN4/c28-23-10-8-21(9-11-23)27-26(22-12-13-29-24(16-22)20-6-7-20)25-18-31(14-15-32(25)30-27)17-19-4-2-1-3-5-19/h1-5,8-13,16,20H,6-7,14-15,17-18H2. The molecule has 0 saturated heterocycles. The third-order valence-corrected chi connectivity index (χ3v) is 6.49. The summed E-state index contributed by atoms with van der Waals surface area (Å²) in [5.74, 6) is 0.360. The second-order valence-electron chi connectivity index (χ2n) is 8.84. The number of nitrogens with zero attached hydrogens (tertiary/aromatic N) is 4. The van der Waals surface area contributed by atoms with Crippen molar-refractivity contribution in [3.63, 3.8) is 0 Å². The summed E-state index contributed by atoms with van der Waals surface area (Å²) in [6, 6.07) is 21.6. The zero-order chi connectivity index (χ0) is 21.5. The van der Waals surface area contributed by atoms with Crippen LogP contribution in [0.1, 0.15) is 35.7 Å². The summed E-state index contributed by atoms with van der Waals surface area (Å²) in [4.78, 5) is 7.10. The van der Waals surface area contributed by atoms with Crippen molar-refractivity contribution >= 4 is 0 Å². The molecule has 0 amide bonds. The average molecular weight is 425 g/mol. The van der Waals surface area contributed by atoms with E-state index in [1.54, 1.807) is 0 Å². The first kappa shape index (κ1) is 19.4.